The summed E-state index contributed by atoms with van der Waals surface area (Å²) in [6, 6.07) is 8.80. The zero-order chi connectivity index (χ0) is 13.7. The van der Waals surface area contributed by atoms with Crippen molar-refractivity contribution in [3.8, 4) is 6.07 Å². The van der Waals surface area contributed by atoms with Crippen molar-refractivity contribution < 1.29 is 9.90 Å². The maximum absolute atomic E-state index is 12.1. The molecule has 1 heterocycles. The number of nitrogens with zero attached hydrogens (tertiary/aromatic N) is 2. The molecule has 0 spiro atoms. The summed E-state index contributed by atoms with van der Waals surface area (Å²) in [6.07, 6.45) is 1.91. The molecule has 0 aromatic heterocycles. The predicted octanol–water partition coefficient (Wildman–Crippen LogP) is 1.45. The predicted molar refractivity (Wildman–Crippen MR) is 71.7 cm³/mol. The van der Waals surface area contributed by atoms with Crippen molar-refractivity contribution in [3.05, 3.63) is 35.4 Å². The highest BCUT2D eigenvalue weighted by molar-refractivity contribution is 5.97. The molecule has 1 fully saturated rings. The van der Waals surface area contributed by atoms with Gasteiger partial charge in [0.1, 0.15) is 0 Å². The van der Waals surface area contributed by atoms with E-state index in [1.807, 2.05) is 6.07 Å². The molecule has 0 aliphatic carbocycles. The minimum Gasteiger partial charge on any atom is -0.396 e. The summed E-state index contributed by atoms with van der Waals surface area (Å²) in [5, 5.41) is 17.8. The maximum atomic E-state index is 12.1. The maximum Gasteiger partial charge on any atom is 0.176 e. The first kappa shape index (κ1) is 13.7. The Bertz CT molecular complexity index is 468. The van der Waals surface area contributed by atoms with Crippen LogP contribution in [0.15, 0.2) is 24.3 Å². The van der Waals surface area contributed by atoms with Gasteiger partial charge in [0.25, 0.3) is 0 Å². The van der Waals surface area contributed by atoms with Crippen molar-refractivity contribution >= 4 is 5.78 Å². The number of aliphatic hydroxyl groups is 1. The average Bonchev–Trinajstić information content (AvgIpc) is 2.48. The Hall–Kier alpha value is -1.70. The van der Waals surface area contributed by atoms with E-state index in [4.69, 9.17) is 10.4 Å². The van der Waals surface area contributed by atoms with Gasteiger partial charge in [-0.2, -0.15) is 5.26 Å². The lowest BCUT2D eigenvalue weighted by Gasteiger charge is -2.30. The first-order chi connectivity index (χ1) is 9.22. The number of carbonyl (C=O) groups excluding carboxylic acids is 1. The summed E-state index contributed by atoms with van der Waals surface area (Å²) in [5.74, 6) is 0.480. The molecule has 0 radical (unpaired) electrons. The minimum atomic E-state index is 0.0898. The number of carbonyl (C=O) groups is 1. The molecule has 1 N–H and O–H groups in total. The third-order valence-electron chi connectivity index (χ3n) is 3.67. The molecule has 0 unspecified atom stereocenters. The van der Waals surface area contributed by atoms with Gasteiger partial charge in [-0.25, -0.2) is 0 Å². The Balaban J connectivity index is 1.89. The van der Waals surface area contributed by atoms with Crippen LogP contribution in [0.3, 0.4) is 0 Å². The molecule has 0 amide bonds. The fourth-order valence-electron chi connectivity index (χ4n) is 2.35. The standard InChI is InChI=1S/C15H18N2O2/c16-9-12-1-3-14(4-2-12)15(19)10-17-7-5-13(11-18)6-8-17/h1-4,13,18H,5-8,10-11H2. The molecule has 19 heavy (non-hydrogen) atoms. The van der Waals surface area contributed by atoms with Crippen molar-refractivity contribution in [2.75, 3.05) is 26.2 Å². The number of Topliss-reactive ketones (excluding diaryl/α,β-unsaturated/α-hetero) is 1. The third kappa shape index (κ3) is 3.63. The Labute approximate surface area is 113 Å². The van der Waals surface area contributed by atoms with Crippen LogP contribution in [0.1, 0.15) is 28.8 Å². The van der Waals surface area contributed by atoms with Crippen LogP contribution < -0.4 is 0 Å². The zero-order valence-corrected chi connectivity index (χ0v) is 10.9. The van der Waals surface area contributed by atoms with Crippen LogP contribution in [0.5, 0.6) is 0 Å². The minimum absolute atomic E-state index is 0.0898. The van der Waals surface area contributed by atoms with Crippen LogP contribution in [0.2, 0.25) is 0 Å². The second-order valence-corrected chi connectivity index (χ2v) is 5.01. The van der Waals surface area contributed by atoms with E-state index >= 15 is 0 Å². The number of likely N-dealkylation sites (tertiary alicyclic amines) is 1. The van der Waals surface area contributed by atoms with E-state index in [9.17, 15) is 4.79 Å². The number of piperidine rings is 1. The lowest BCUT2D eigenvalue weighted by atomic mass is 9.97. The van der Waals surface area contributed by atoms with Crippen LogP contribution in [-0.2, 0) is 0 Å². The highest BCUT2D eigenvalue weighted by Gasteiger charge is 2.20. The van der Waals surface area contributed by atoms with E-state index < -0.39 is 0 Å². The van der Waals surface area contributed by atoms with Crippen LogP contribution in [0.25, 0.3) is 0 Å². The van der Waals surface area contributed by atoms with Gasteiger partial charge in [0, 0.05) is 12.2 Å². The van der Waals surface area contributed by atoms with Crippen LogP contribution in [0.4, 0.5) is 0 Å². The van der Waals surface area contributed by atoms with Crippen molar-refractivity contribution in [2.24, 2.45) is 5.92 Å². The molecule has 0 atom stereocenters. The summed E-state index contributed by atoms with van der Waals surface area (Å²) < 4.78 is 0. The van der Waals surface area contributed by atoms with Gasteiger partial charge in [0.15, 0.2) is 5.78 Å². The highest BCUT2D eigenvalue weighted by atomic mass is 16.3. The smallest absolute Gasteiger partial charge is 0.176 e. The van der Waals surface area contributed by atoms with E-state index in [1.54, 1.807) is 24.3 Å². The van der Waals surface area contributed by atoms with Crippen LogP contribution in [-0.4, -0.2) is 42.0 Å². The number of rotatable bonds is 4. The van der Waals surface area contributed by atoms with Gasteiger partial charge in [-0.05, 0) is 44.0 Å². The van der Waals surface area contributed by atoms with E-state index in [0.29, 0.717) is 23.6 Å². The van der Waals surface area contributed by atoms with Gasteiger partial charge < -0.3 is 5.11 Å². The van der Waals surface area contributed by atoms with Crippen molar-refractivity contribution in [3.63, 3.8) is 0 Å². The van der Waals surface area contributed by atoms with Gasteiger partial charge in [0.2, 0.25) is 0 Å². The largest absolute Gasteiger partial charge is 0.396 e. The number of nitriles is 1. The Morgan fingerprint density at radius 3 is 2.47 bits per heavy atom. The molecule has 1 aromatic rings. The summed E-state index contributed by atoms with van der Waals surface area (Å²) in [4.78, 5) is 14.2. The second-order valence-electron chi connectivity index (χ2n) is 5.01. The molecule has 1 aliphatic rings. The van der Waals surface area contributed by atoms with Gasteiger partial charge >= 0.3 is 0 Å². The lowest BCUT2D eigenvalue weighted by Crippen LogP contribution is -2.38. The molecule has 2 rings (SSSR count). The van der Waals surface area contributed by atoms with Gasteiger partial charge in [0.05, 0.1) is 18.2 Å². The highest BCUT2D eigenvalue weighted by Crippen LogP contribution is 2.16. The van der Waals surface area contributed by atoms with E-state index in [-0.39, 0.29) is 12.4 Å². The monoisotopic (exact) mass is 258 g/mol. The molecule has 100 valence electrons. The molecular weight excluding hydrogens is 240 g/mol. The van der Waals surface area contributed by atoms with Crippen LogP contribution in [0, 0.1) is 17.2 Å². The molecule has 1 aliphatic heterocycles. The average molecular weight is 258 g/mol. The van der Waals surface area contributed by atoms with Crippen LogP contribution >= 0.6 is 0 Å². The summed E-state index contributed by atoms with van der Waals surface area (Å²) >= 11 is 0. The topological polar surface area (TPSA) is 64.3 Å². The molecular formula is C15H18N2O2. The second kappa shape index (κ2) is 6.46. The zero-order valence-electron chi connectivity index (χ0n) is 10.9. The van der Waals surface area contributed by atoms with E-state index in [1.165, 1.54) is 0 Å². The fraction of sp³-hybridized carbons (Fsp3) is 0.467. The Morgan fingerprint density at radius 2 is 1.95 bits per heavy atom. The Morgan fingerprint density at radius 1 is 1.32 bits per heavy atom. The summed E-state index contributed by atoms with van der Waals surface area (Å²) in [5.41, 5.74) is 1.23. The van der Waals surface area contributed by atoms with E-state index in [2.05, 4.69) is 4.90 Å². The molecule has 1 aromatic carbocycles. The normalized spacial score (nSPS) is 17.1. The third-order valence-corrected chi connectivity index (χ3v) is 3.67. The SMILES string of the molecule is N#Cc1ccc(C(=O)CN2CCC(CO)CC2)cc1. The lowest BCUT2D eigenvalue weighted by molar-refractivity contribution is 0.0864. The number of aliphatic hydroxyl groups excluding tert-OH is 1. The summed E-state index contributed by atoms with van der Waals surface area (Å²) in [7, 11) is 0. The summed E-state index contributed by atoms with van der Waals surface area (Å²) in [6.45, 7) is 2.40. The molecule has 0 bridgehead atoms. The van der Waals surface area contributed by atoms with Crippen molar-refractivity contribution in [1.82, 2.24) is 4.90 Å². The van der Waals surface area contributed by atoms with Gasteiger partial charge in [-0.3, -0.25) is 9.69 Å². The molecule has 0 saturated carbocycles. The number of ketones is 1. The van der Waals surface area contributed by atoms with E-state index in [0.717, 1.165) is 25.9 Å². The first-order valence-electron chi connectivity index (χ1n) is 6.59. The fourth-order valence-corrected chi connectivity index (χ4v) is 2.35. The molecule has 1 saturated heterocycles. The molecule has 4 nitrogen and oxygen atoms in total. The number of hydrogen-bond donors (Lipinski definition) is 1. The van der Waals surface area contributed by atoms with Crippen molar-refractivity contribution in [2.45, 2.75) is 12.8 Å². The van der Waals surface area contributed by atoms with Gasteiger partial charge in [-0.15, -0.1) is 0 Å². The number of benzene rings is 1. The Kier molecular flexibility index (Phi) is 4.67. The number of hydrogen-bond acceptors (Lipinski definition) is 4. The molecule has 4 heteroatoms. The van der Waals surface area contributed by atoms with Crippen molar-refractivity contribution in [1.29, 1.82) is 5.26 Å². The van der Waals surface area contributed by atoms with Gasteiger partial charge in [-0.1, -0.05) is 12.1 Å². The first-order valence-corrected chi connectivity index (χ1v) is 6.59. The quantitative estimate of drug-likeness (QED) is 0.830.